The van der Waals surface area contributed by atoms with Gasteiger partial charge < -0.3 is 14.7 Å². The van der Waals surface area contributed by atoms with Gasteiger partial charge in [0.05, 0.1) is 7.11 Å². The van der Waals surface area contributed by atoms with Gasteiger partial charge in [-0.05, 0) is 56.2 Å². The molecule has 1 amide bonds. The third-order valence-electron chi connectivity index (χ3n) is 5.88. The Balaban J connectivity index is 1.66. The zero-order chi connectivity index (χ0) is 19.4. The summed E-state index contributed by atoms with van der Waals surface area (Å²) in [7, 11) is 1.61. The van der Waals surface area contributed by atoms with E-state index in [2.05, 4.69) is 0 Å². The Bertz CT molecular complexity index is 677. The van der Waals surface area contributed by atoms with Crippen LogP contribution in [-0.4, -0.2) is 60.1 Å². The SMILES string of the molecule is COc1ccc(C(C(=O)O)N2CCC(C(=O)N3CCCCC3)CC2)cc1C. The highest BCUT2D eigenvalue weighted by Gasteiger charge is 2.34. The molecule has 2 saturated heterocycles. The lowest BCUT2D eigenvalue weighted by atomic mass is 9.92. The summed E-state index contributed by atoms with van der Waals surface area (Å²) in [4.78, 5) is 28.7. The normalized spacial score (nSPS) is 20.3. The first-order valence-electron chi connectivity index (χ1n) is 9.91. The Morgan fingerprint density at radius 2 is 1.78 bits per heavy atom. The van der Waals surface area contributed by atoms with E-state index in [9.17, 15) is 14.7 Å². The molecule has 1 N–H and O–H groups in total. The molecule has 0 saturated carbocycles. The summed E-state index contributed by atoms with van der Waals surface area (Å²) in [6.45, 7) is 4.94. The number of methoxy groups -OCH3 is 1. The van der Waals surface area contributed by atoms with Crippen molar-refractivity contribution in [2.24, 2.45) is 5.92 Å². The van der Waals surface area contributed by atoms with Crippen LogP contribution in [0.1, 0.15) is 49.3 Å². The van der Waals surface area contributed by atoms with E-state index in [1.54, 1.807) is 7.11 Å². The molecule has 6 nitrogen and oxygen atoms in total. The van der Waals surface area contributed by atoms with E-state index in [4.69, 9.17) is 4.74 Å². The molecular weight excluding hydrogens is 344 g/mol. The van der Waals surface area contributed by atoms with Gasteiger partial charge in [-0.1, -0.05) is 12.1 Å². The second-order valence-electron chi connectivity index (χ2n) is 7.67. The Morgan fingerprint density at radius 1 is 1.11 bits per heavy atom. The lowest BCUT2D eigenvalue weighted by Gasteiger charge is -2.38. The molecule has 0 aliphatic carbocycles. The van der Waals surface area contributed by atoms with Crippen LogP contribution in [0.2, 0.25) is 0 Å². The number of ether oxygens (including phenoxy) is 1. The van der Waals surface area contributed by atoms with Crippen molar-refractivity contribution in [3.63, 3.8) is 0 Å². The Morgan fingerprint density at radius 3 is 2.33 bits per heavy atom. The summed E-state index contributed by atoms with van der Waals surface area (Å²) in [6.07, 6.45) is 4.87. The second kappa shape index (κ2) is 8.74. The second-order valence-corrected chi connectivity index (χ2v) is 7.67. The highest BCUT2D eigenvalue weighted by atomic mass is 16.5. The molecule has 2 aliphatic heterocycles. The highest BCUT2D eigenvalue weighted by Crippen LogP contribution is 2.31. The summed E-state index contributed by atoms with van der Waals surface area (Å²) in [6, 6.07) is 4.87. The molecule has 1 aromatic carbocycles. The van der Waals surface area contributed by atoms with Crippen LogP contribution in [0.25, 0.3) is 0 Å². The number of nitrogens with zero attached hydrogens (tertiary/aromatic N) is 2. The molecule has 27 heavy (non-hydrogen) atoms. The van der Waals surface area contributed by atoms with Gasteiger partial charge in [-0.2, -0.15) is 0 Å². The van der Waals surface area contributed by atoms with Gasteiger partial charge in [0, 0.05) is 32.1 Å². The standard InChI is InChI=1S/C21H30N2O4/c1-15-14-17(6-7-18(15)27-2)19(21(25)26)22-12-8-16(9-13-22)20(24)23-10-4-3-5-11-23/h6-7,14,16,19H,3-5,8-13H2,1-2H3,(H,25,26). The number of hydrogen-bond acceptors (Lipinski definition) is 4. The molecule has 2 heterocycles. The average Bonchev–Trinajstić information content (AvgIpc) is 2.69. The van der Waals surface area contributed by atoms with Crippen LogP contribution in [-0.2, 0) is 9.59 Å². The highest BCUT2D eigenvalue weighted by molar-refractivity contribution is 5.79. The van der Waals surface area contributed by atoms with Crippen LogP contribution in [0.5, 0.6) is 5.75 Å². The number of aryl methyl sites for hydroxylation is 1. The summed E-state index contributed by atoms with van der Waals surface area (Å²) in [5.41, 5.74) is 1.69. The number of carbonyl (C=O) groups excluding carboxylic acids is 1. The van der Waals surface area contributed by atoms with E-state index >= 15 is 0 Å². The maximum absolute atomic E-state index is 12.7. The topological polar surface area (TPSA) is 70.1 Å². The molecule has 0 aromatic heterocycles. The van der Waals surface area contributed by atoms with E-state index in [0.717, 1.165) is 55.6 Å². The minimum Gasteiger partial charge on any atom is -0.496 e. The van der Waals surface area contributed by atoms with Crippen LogP contribution >= 0.6 is 0 Å². The Hall–Kier alpha value is -2.08. The van der Waals surface area contributed by atoms with Crippen LogP contribution in [0.3, 0.4) is 0 Å². The first kappa shape index (κ1) is 19.7. The van der Waals surface area contributed by atoms with Crippen molar-refractivity contribution in [2.45, 2.75) is 45.1 Å². The Labute approximate surface area is 161 Å². The molecular formula is C21H30N2O4. The largest absolute Gasteiger partial charge is 0.496 e. The molecule has 1 atom stereocenters. The van der Waals surface area contributed by atoms with Crippen LogP contribution < -0.4 is 4.74 Å². The van der Waals surface area contributed by atoms with Crippen LogP contribution in [0.4, 0.5) is 0 Å². The maximum atomic E-state index is 12.7. The van der Waals surface area contributed by atoms with Crippen molar-refractivity contribution < 1.29 is 19.4 Å². The van der Waals surface area contributed by atoms with E-state index in [1.807, 2.05) is 34.9 Å². The van der Waals surface area contributed by atoms with Crippen molar-refractivity contribution in [3.05, 3.63) is 29.3 Å². The number of carbonyl (C=O) groups is 2. The van der Waals surface area contributed by atoms with E-state index in [1.165, 1.54) is 6.42 Å². The van der Waals surface area contributed by atoms with Gasteiger partial charge in [0.1, 0.15) is 11.8 Å². The minimum absolute atomic E-state index is 0.0337. The molecule has 0 radical (unpaired) electrons. The number of carboxylic acids is 1. The number of amides is 1. The molecule has 0 spiro atoms. The number of rotatable bonds is 5. The van der Waals surface area contributed by atoms with Gasteiger partial charge in [0.25, 0.3) is 0 Å². The molecule has 3 rings (SSSR count). The lowest BCUT2D eigenvalue weighted by Crippen LogP contribution is -2.46. The predicted molar refractivity (Wildman–Crippen MR) is 103 cm³/mol. The Kier molecular flexibility index (Phi) is 6.37. The average molecular weight is 374 g/mol. The van der Waals surface area contributed by atoms with E-state index in [0.29, 0.717) is 13.1 Å². The van der Waals surface area contributed by atoms with Gasteiger partial charge in [0.2, 0.25) is 5.91 Å². The number of benzene rings is 1. The molecule has 2 fully saturated rings. The fraction of sp³-hybridized carbons (Fsp3) is 0.619. The summed E-state index contributed by atoms with van der Waals surface area (Å²) < 4.78 is 5.28. The van der Waals surface area contributed by atoms with E-state index in [-0.39, 0.29) is 11.8 Å². The quantitative estimate of drug-likeness (QED) is 0.858. The van der Waals surface area contributed by atoms with Gasteiger partial charge >= 0.3 is 5.97 Å². The maximum Gasteiger partial charge on any atom is 0.325 e. The first-order valence-corrected chi connectivity index (χ1v) is 9.91. The lowest BCUT2D eigenvalue weighted by molar-refractivity contribution is -0.145. The molecule has 1 aromatic rings. The number of likely N-dealkylation sites (tertiary alicyclic amines) is 2. The number of hydrogen-bond donors (Lipinski definition) is 1. The molecule has 6 heteroatoms. The smallest absolute Gasteiger partial charge is 0.325 e. The molecule has 148 valence electrons. The summed E-state index contributed by atoms with van der Waals surface area (Å²) in [5, 5.41) is 9.83. The third kappa shape index (κ3) is 4.43. The van der Waals surface area contributed by atoms with Gasteiger partial charge in [-0.15, -0.1) is 0 Å². The predicted octanol–water partition coefficient (Wildman–Crippen LogP) is 2.85. The fourth-order valence-electron chi connectivity index (χ4n) is 4.36. The van der Waals surface area contributed by atoms with Gasteiger partial charge in [-0.3, -0.25) is 14.5 Å². The number of aliphatic carboxylic acids is 1. The first-order chi connectivity index (χ1) is 13.0. The summed E-state index contributed by atoms with van der Waals surface area (Å²) >= 11 is 0. The van der Waals surface area contributed by atoms with Crippen LogP contribution in [0.15, 0.2) is 18.2 Å². The fourth-order valence-corrected chi connectivity index (χ4v) is 4.36. The van der Waals surface area contributed by atoms with Gasteiger partial charge in [0.15, 0.2) is 0 Å². The van der Waals surface area contributed by atoms with Crippen molar-refractivity contribution >= 4 is 11.9 Å². The van der Waals surface area contributed by atoms with E-state index < -0.39 is 12.0 Å². The van der Waals surface area contributed by atoms with Crippen molar-refractivity contribution in [1.82, 2.24) is 9.80 Å². The van der Waals surface area contributed by atoms with Crippen molar-refractivity contribution in [1.29, 1.82) is 0 Å². The monoisotopic (exact) mass is 374 g/mol. The third-order valence-corrected chi connectivity index (χ3v) is 5.88. The molecule has 0 bridgehead atoms. The number of piperidine rings is 2. The zero-order valence-electron chi connectivity index (χ0n) is 16.3. The van der Waals surface area contributed by atoms with Crippen molar-refractivity contribution in [3.8, 4) is 5.75 Å². The van der Waals surface area contributed by atoms with Crippen LogP contribution in [0, 0.1) is 12.8 Å². The van der Waals surface area contributed by atoms with Gasteiger partial charge in [-0.25, -0.2) is 0 Å². The zero-order valence-corrected chi connectivity index (χ0v) is 16.3. The number of carboxylic acid groups (broad SMARTS) is 1. The molecule has 1 unspecified atom stereocenters. The molecule has 2 aliphatic rings. The summed E-state index contributed by atoms with van der Waals surface area (Å²) in [5.74, 6) is 0.210. The van der Waals surface area contributed by atoms with Crippen molar-refractivity contribution in [2.75, 3.05) is 33.3 Å². The minimum atomic E-state index is -0.847.